The summed E-state index contributed by atoms with van der Waals surface area (Å²) >= 11 is 0. The molecule has 2 saturated carbocycles. The average Bonchev–Trinajstić information content (AvgIpc) is 2.24. The summed E-state index contributed by atoms with van der Waals surface area (Å²) in [5.41, 5.74) is 0. The van der Waals surface area contributed by atoms with Gasteiger partial charge in [-0.25, -0.2) is 0 Å². The summed E-state index contributed by atoms with van der Waals surface area (Å²) in [5.74, 6) is 0.556. The number of carbonyl (C=O) groups is 2. The minimum atomic E-state index is -0.185. The summed E-state index contributed by atoms with van der Waals surface area (Å²) in [5, 5.41) is 0. The van der Waals surface area contributed by atoms with E-state index in [0.29, 0.717) is 11.8 Å². The summed E-state index contributed by atoms with van der Waals surface area (Å²) in [7, 11) is 0. The second kappa shape index (κ2) is 5.07. The van der Waals surface area contributed by atoms with E-state index >= 15 is 0 Å². The molecule has 0 unspecified atom stereocenters. The quantitative estimate of drug-likeness (QED) is 0.693. The minimum Gasteiger partial charge on any atom is -0.462 e. The summed E-state index contributed by atoms with van der Waals surface area (Å²) < 4.78 is 10.7. The highest BCUT2D eigenvalue weighted by molar-refractivity contribution is 5.66. The molecule has 0 radical (unpaired) electrons. The van der Waals surface area contributed by atoms with Crippen molar-refractivity contribution in [2.75, 3.05) is 0 Å². The Kier molecular flexibility index (Phi) is 3.69. The molecule has 0 aliphatic heterocycles. The molecule has 0 aromatic carbocycles. The van der Waals surface area contributed by atoms with Crippen LogP contribution in [0.5, 0.6) is 0 Å². The van der Waals surface area contributed by atoms with Crippen LogP contribution in [0, 0.1) is 11.8 Å². The maximum atomic E-state index is 11.0. The van der Waals surface area contributed by atoms with Gasteiger partial charge < -0.3 is 9.47 Å². The van der Waals surface area contributed by atoms with Gasteiger partial charge in [0.05, 0.1) is 0 Å². The van der Waals surface area contributed by atoms with Gasteiger partial charge in [0.25, 0.3) is 0 Å². The van der Waals surface area contributed by atoms with Crippen molar-refractivity contribution in [1.29, 1.82) is 0 Å². The van der Waals surface area contributed by atoms with Crippen LogP contribution in [0.25, 0.3) is 0 Å². The van der Waals surface area contributed by atoms with Gasteiger partial charge in [0.2, 0.25) is 0 Å². The molecule has 2 aliphatic rings. The molecule has 0 amide bonds. The van der Waals surface area contributed by atoms with E-state index in [1.54, 1.807) is 0 Å². The van der Waals surface area contributed by atoms with E-state index in [-0.39, 0.29) is 24.1 Å². The first-order valence-corrected chi connectivity index (χ1v) is 6.40. The largest absolute Gasteiger partial charge is 0.462 e. The molecule has 0 N–H and O–H groups in total. The Morgan fingerprint density at radius 1 is 0.824 bits per heavy atom. The smallest absolute Gasteiger partial charge is 0.302 e. The fourth-order valence-corrected chi connectivity index (χ4v) is 3.26. The third kappa shape index (κ3) is 2.99. The first-order valence-electron chi connectivity index (χ1n) is 6.40. The van der Waals surface area contributed by atoms with Gasteiger partial charge in [-0.2, -0.15) is 0 Å². The second-order valence-corrected chi connectivity index (χ2v) is 5.21. The maximum Gasteiger partial charge on any atom is 0.302 e. The third-order valence-electron chi connectivity index (χ3n) is 3.94. The van der Waals surface area contributed by atoms with Gasteiger partial charge in [-0.15, -0.1) is 0 Å². The molecule has 4 atom stereocenters. The van der Waals surface area contributed by atoms with Crippen LogP contribution in [0.15, 0.2) is 0 Å². The molecule has 17 heavy (non-hydrogen) atoms. The predicted molar refractivity (Wildman–Crippen MR) is 61.2 cm³/mol. The van der Waals surface area contributed by atoms with Gasteiger partial charge in [0.15, 0.2) is 0 Å². The standard InChI is InChI=1S/C13H20O4/c1-8(14)16-12-5-3-11-7-10(12)4-6-13(11)17-9(2)15/h10-13H,3-7H2,1-2H3/t10-,11+,12+,13-. The maximum absolute atomic E-state index is 11.0. The highest BCUT2D eigenvalue weighted by Crippen LogP contribution is 2.42. The molecule has 96 valence electrons. The minimum absolute atomic E-state index is 0.0852. The summed E-state index contributed by atoms with van der Waals surface area (Å²) in [6, 6.07) is 0. The lowest BCUT2D eigenvalue weighted by molar-refractivity contribution is -0.161. The highest BCUT2D eigenvalue weighted by atomic mass is 16.5. The number of rotatable bonds is 2. The van der Waals surface area contributed by atoms with Crippen LogP contribution in [0.4, 0.5) is 0 Å². The van der Waals surface area contributed by atoms with Crippen LogP contribution in [0.2, 0.25) is 0 Å². The van der Waals surface area contributed by atoms with Crippen LogP contribution in [0.1, 0.15) is 46.0 Å². The van der Waals surface area contributed by atoms with Crippen molar-refractivity contribution < 1.29 is 19.1 Å². The number of fused-ring (bicyclic) bond motifs is 2. The van der Waals surface area contributed by atoms with Crippen LogP contribution >= 0.6 is 0 Å². The molecule has 2 fully saturated rings. The average molecular weight is 240 g/mol. The Morgan fingerprint density at radius 2 is 1.24 bits per heavy atom. The Labute approximate surface area is 102 Å². The Balaban J connectivity index is 1.91. The molecule has 4 nitrogen and oxygen atoms in total. The van der Waals surface area contributed by atoms with Crippen LogP contribution in [-0.2, 0) is 19.1 Å². The summed E-state index contributed by atoms with van der Waals surface area (Å²) in [4.78, 5) is 22.0. The van der Waals surface area contributed by atoms with E-state index < -0.39 is 0 Å². The topological polar surface area (TPSA) is 52.6 Å². The van der Waals surface area contributed by atoms with Crippen LogP contribution < -0.4 is 0 Å². The van der Waals surface area contributed by atoms with E-state index in [4.69, 9.17) is 9.47 Å². The van der Waals surface area contributed by atoms with Crippen LogP contribution in [-0.4, -0.2) is 24.1 Å². The van der Waals surface area contributed by atoms with Crippen molar-refractivity contribution in [3.05, 3.63) is 0 Å². The van der Waals surface area contributed by atoms with Gasteiger partial charge in [0, 0.05) is 13.8 Å². The van der Waals surface area contributed by atoms with E-state index in [1.165, 1.54) is 13.8 Å². The normalized spacial score (nSPS) is 36.1. The number of ether oxygens (including phenoxy) is 2. The van der Waals surface area contributed by atoms with Crippen molar-refractivity contribution in [2.45, 2.75) is 58.2 Å². The molecule has 2 bridgehead atoms. The van der Waals surface area contributed by atoms with Gasteiger partial charge in [-0.1, -0.05) is 0 Å². The zero-order valence-electron chi connectivity index (χ0n) is 10.5. The molecule has 2 aliphatic carbocycles. The molecule has 0 spiro atoms. The first kappa shape index (κ1) is 12.4. The molecular weight excluding hydrogens is 220 g/mol. The van der Waals surface area contributed by atoms with Gasteiger partial charge in [0.1, 0.15) is 12.2 Å². The summed E-state index contributed by atoms with van der Waals surface area (Å²) in [6.45, 7) is 2.94. The van der Waals surface area contributed by atoms with E-state index in [0.717, 1.165) is 32.1 Å². The van der Waals surface area contributed by atoms with Crippen molar-refractivity contribution in [3.8, 4) is 0 Å². The number of esters is 2. The van der Waals surface area contributed by atoms with Crippen molar-refractivity contribution in [3.63, 3.8) is 0 Å². The lowest BCUT2D eigenvalue weighted by Crippen LogP contribution is -2.42. The zero-order chi connectivity index (χ0) is 12.4. The third-order valence-corrected chi connectivity index (χ3v) is 3.94. The van der Waals surface area contributed by atoms with E-state index in [1.807, 2.05) is 0 Å². The second-order valence-electron chi connectivity index (χ2n) is 5.21. The lowest BCUT2D eigenvalue weighted by atomic mass is 9.69. The lowest BCUT2D eigenvalue weighted by Gasteiger charge is -2.43. The number of hydrogen-bond acceptors (Lipinski definition) is 4. The van der Waals surface area contributed by atoms with E-state index in [9.17, 15) is 9.59 Å². The van der Waals surface area contributed by atoms with Crippen LogP contribution in [0.3, 0.4) is 0 Å². The van der Waals surface area contributed by atoms with Gasteiger partial charge in [-0.3, -0.25) is 9.59 Å². The molecular formula is C13H20O4. The Hall–Kier alpha value is -1.06. The molecule has 0 aromatic rings. The molecule has 0 saturated heterocycles. The van der Waals surface area contributed by atoms with Crippen molar-refractivity contribution in [2.24, 2.45) is 11.8 Å². The highest BCUT2D eigenvalue weighted by Gasteiger charge is 2.41. The molecule has 0 heterocycles. The summed E-state index contributed by atoms with van der Waals surface area (Å²) in [6.07, 6.45) is 5.00. The number of hydrogen-bond donors (Lipinski definition) is 0. The predicted octanol–water partition coefficient (Wildman–Crippen LogP) is 2.06. The zero-order valence-corrected chi connectivity index (χ0v) is 10.5. The fraction of sp³-hybridized carbons (Fsp3) is 0.846. The Morgan fingerprint density at radius 3 is 1.59 bits per heavy atom. The van der Waals surface area contributed by atoms with Crippen molar-refractivity contribution >= 4 is 11.9 Å². The molecule has 2 rings (SSSR count). The Bertz CT molecular complexity index is 283. The first-order chi connectivity index (χ1) is 8.06. The SMILES string of the molecule is CC(=O)O[C@H]1CC[C@H]2C[C@H]1CC[C@H]2OC(C)=O. The number of carbonyl (C=O) groups excluding carboxylic acids is 2. The van der Waals surface area contributed by atoms with E-state index in [2.05, 4.69) is 0 Å². The molecule has 4 heteroatoms. The van der Waals surface area contributed by atoms with Gasteiger partial charge in [-0.05, 0) is 43.9 Å². The van der Waals surface area contributed by atoms with Gasteiger partial charge >= 0.3 is 11.9 Å². The fourth-order valence-electron chi connectivity index (χ4n) is 3.26. The van der Waals surface area contributed by atoms with Crippen molar-refractivity contribution in [1.82, 2.24) is 0 Å². The molecule has 0 aromatic heterocycles. The monoisotopic (exact) mass is 240 g/mol.